The Hall–Kier alpha value is -1.75. The number of ether oxygens (including phenoxy) is 1. The topological polar surface area (TPSA) is 90.4 Å². The SMILES string of the molecule is NC(=O)CCOc1ccccc1NC1CCC(N)CC1. The molecule has 1 fully saturated rings. The summed E-state index contributed by atoms with van der Waals surface area (Å²) in [6.45, 7) is 0.309. The van der Waals surface area contributed by atoms with Crippen molar-refractivity contribution in [2.45, 2.75) is 44.2 Å². The Labute approximate surface area is 119 Å². The van der Waals surface area contributed by atoms with Gasteiger partial charge in [0.1, 0.15) is 5.75 Å². The van der Waals surface area contributed by atoms with Crippen LogP contribution in [0.4, 0.5) is 5.69 Å². The summed E-state index contributed by atoms with van der Waals surface area (Å²) in [4.78, 5) is 10.7. The van der Waals surface area contributed by atoms with E-state index in [1.807, 2.05) is 24.3 Å². The Morgan fingerprint density at radius 3 is 2.65 bits per heavy atom. The lowest BCUT2D eigenvalue weighted by atomic mass is 9.91. The maximum Gasteiger partial charge on any atom is 0.220 e. The van der Waals surface area contributed by atoms with E-state index in [1.165, 1.54) is 0 Å². The van der Waals surface area contributed by atoms with Crippen LogP contribution < -0.4 is 21.5 Å². The van der Waals surface area contributed by atoms with Gasteiger partial charge in [0, 0.05) is 12.1 Å². The number of para-hydroxylation sites is 2. The third-order valence-electron chi connectivity index (χ3n) is 3.62. The zero-order valence-electron chi connectivity index (χ0n) is 11.7. The molecule has 1 aromatic rings. The largest absolute Gasteiger partial charge is 0.491 e. The normalized spacial score (nSPS) is 22.2. The minimum atomic E-state index is -0.350. The van der Waals surface area contributed by atoms with E-state index in [0.29, 0.717) is 18.7 Å². The second kappa shape index (κ2) is 7.14. The van der Waals surface area contributed by atoms with Gasteiger partial charge in [-0.2, -0.15) is 0 Å². The molecule has 1 saturated carbocycles. The van der Waals surface area contributed by atoms with Crippen molar-refractivity contribution in [3.05, 3.63) is 24.3 Å². The fraction of sp³-hybridized carbons (Fsp3) is 0.533. The van der Waals surface area contributed by atoms with E-state index in [-0.39, 0.29) is 12.3 Å². The third-order valence-corrected chi connectivity index (χ3v) is 3.62. The molecule has 0 bridgehead atoms. The van der Waals surface area contributed by atoms with Gasteiger partial charge in [-0.05, 0) is 37.8 Å². The number of carbonyl (C=O) groups excluding carboxylic acids is 1. The second-order valence-corrected chi connectivity index (χ2v) is 5.32. The van der Waals surface area contributed by atoms with Gasteiger partial charge < -0.3 is 21.5 Å². The van der Waals surface area contributed by atoms with Crippen LogP contribution in [0, 0.1) is 0 Å². The molecule has 1 aliphatic rings. The molecule has 1 amide bonds. The molecule has 0 saturated heterocycles. The molecule has 0 aromatic heterocycles. The van der Waals surface area contributed by atoms with E-state index in [4.69, 9.17) is 16.2 Å². The number of nitrogens with two attached hydrogens (primary N) is 2. The molecular formula is C15H23N3O2. The molecule has 1 aromatic carbocycles. The Balaban J connectivity index is 1.91. The fourth-order valence-electron chi connectivity index (χ4n) is 2.46. The van der Waals surface area contributed by atoms with Gasteiger partial charge in [-0.1, -0.05) is 12.1 Å². The quantitative estimate of drug-likeness (QED) is 0.737. The summed E-state index contributed by atoms with van der Waals surface area (Å²) in [6.07, 6.45) is 4.50. The second-order valence-electron chi connectivity index (χ2n) is 5.32. The van der Waals surface area contributed by atoms with Gasteiger partial charge in [0.25, 0.3) is 0 Å². The monoisotopic (exact) mass is 277 g/mol. The average molecular weight is 277 g/mol. The van der Waals surface area contributed by atoms with Crippen LogP contribution in [0.3, 0.4) is 0 Å². The maximum absolute atomic E-state index is 10.7. The van der Waals surface area contributed by atoms with E-state index in [1.54, 1.807) is 0 Å². The number of amides is 1. The molecule has 0 unspecified atom stereocenters. The first-order valence-electron chi connectivity index (χ1n) is 7.17. The third kappa shape index (κ3) is 4.42. The van der Waals surface area contributed by atoms with Crippen molar-refractivity contribution >= 4 is 11.6 Å². The molecule has 1 aliphatic carbocycles. The Morgan fingerprint density at radius 2 is 1.95 bits per heavy atom. The first-order valence-corrected chi connectivity index (χ1v) is 7.17. The smallest absolute Gasteiger partial charge is 0.220 e. The highest BCUT2D eigenvalue weighted by atomic mass is 16.5. The number of benzene rings is 1. The minimum Gasteiger partial charge on any atom is -0.491 e. The molecule has 2 rings (SSSR count). The van der Waals surface area contributed by atoms with E-state index in [0.717, 1.165) is 37.1 Å². The van der Waals surface area contributed by atoms with Gasteiger partial charge in [-0.3, -0.25) is 4.79 Å². The van der Waals surface area contributed by atoms with Gasteiger partial charge in [0.2, 0.25) is 5.91 Å². The van der Waals surface area contributed by atoms with Gasteiger partial charge in [0.05, 0.1) is 18.7 Å². The first kappa shape index (κ1) is 14.7. The Morgan fingerprint density at radius 1 is 1.25 bits per heavy atom. The lowest BCUT2D eigenvalue weighted by Crippen LogP contribution is -2.32. The summed E-state index contributed by atoms with van der Waals surface area (Å²) < 4.78 is 5.62. The van der Waals surface area contributed by atoms with Crippen LogP contribution in [0.5, 0.6) is 5.75 Å². The average Bonchev–Trinajstić information content (AvgIpc) is 2.43. The number of carbonyl (C=O) groups is 1. The predicted molar refractivity (Wildman–Crippen MR) is 79.6 cm³/mol. The predicted octanol–water partition coefficient (Wildman–Crippen LogP) is 1.62. The van der Waals surface area contributed by atoms with Crippen molar-refractivity contribution in [3.8, 4) is 5.75 Å². The zero-order chi connectivity index (χ0) is 14.4. The van der Waals surface area contributed by atoms with Crippen molar-refractivity contribution in [3.63, 3.8) is 0 Å². The molecule has 20 heavy (non-hydrogen) atoms. The number of hydrogen-bond donors (Lipinski definition) is 3. The van der Waals surface area contributed by atoms with Crippen LogP contribution in [0.2, 0.25) is 0 Å². The van der Waals surface area contributed by atoms with E-state index in [2.05, 4.69) is 5.32 Å². The van der Waals surface area contributed by atoms with Crippen LogP contribution in [-0.2, 0) is 4.79 Å². The van der Waals surface area contributed by atoms with Gasteiger partial charge >= 0.3 is 0 Å². The molecule has 5 N–H and O–H groups in total. The summed E-state index contributed by atoms with van der Waals surface area (Å²) in [5.74, 6) is 0.417. The molecule has 5 heteroatoms. The van der Waals surface area contributed by atoms with Crippen molar-refractivity contribution in [2.24, 2.45) is 11.5 Å². The molecule has 0 radical (unpaired) electrons. The van der Waals surface area contributed by atoms with Crippen LogP contribution in [-0.4, -0.2) is 24.6 Å². The first-order chi connectivity index (χ1) is 9.65. The standard InChI is InChI=1S/C15H23N3O2/c16-11-5-7-12(8-6-11)18-13-3-1-2-4-14(13)20-10-9-15(17)19/h1-4,11-12,18H,5-10,16H2,(H2,17,19). The summed E-state index contributed by atoms with van der Waals surface area (Å²) >= 11 is 0. The van der Waals surface area contributed by atoms with Gasteiger partial charge in [-0.25, -0.2) is 0 Å². The summed E-state index contributed by atoms with van der Waals surface area (Å²) in [5, 5.41) is 3.51. The molecule has 0 heterocycles. The van der Waals surface area contributed by atoms with Crippen molar-refractivity contribution < 1.29 is 9.53 Å². The lowest BCUT2D eigenvalue weighted by Gasteiger charge is -2.28. The van der Waals surface area contributed by atoms with Crippen molar-refractivity contribution in [1.82, 2.24) is 0 Å². The number of nitrogens with one attached hydrogen (secondary N) is 1. The highest BCUT2D eigenvalue weighted by Crippen LogP contribution is 2.28. The van der Waals surface area contributed by atoms with Crippen LogP contribution in [0.1, 0.15) is 32.1 Å². The maximum atomic E-state index is 10.7. The van der Waals surface area contributed by atoms with Crippen LogP contribution >= 0.6 is 0 Å². The minimum absolute atomic E-state index is 0.229. The van der Waals surface area contributed by atoms with Crippen LogP contribution in [0.25, 0.3) is 0 Å². The number of primary amides is 1. The summed E-state index contributed by atoms with van der Waals surface area (Å²) in [5.41, 5.74) is 12.0. The summed E-state index contributed by atoms with van der Waals surface area (Å²) in [6, 6.07) is 8.57. The van der Waals surface area contributed by atoms with Gasteiger partial charge in [-0.15, -0.1) is 0 Å². The molecule has 0 atom stereocenters. The van der Waals surface area contributed by atoms with Crippen LogP contribution in [0.15, 0.2) is 24.3 Å². The molecular weight excluding hydrogens is 254 g/mol. The highest BCUT2D eigenvalue weighted by Gasteiger charge is 2.19. The fourth-order valence-corrected chi connectivity index (χ4v) is 2.46. The Bertz CT molecular complexity index is 442. The number of hydrogen-bond acceptors (Lipinski definition) is 4. The van der Waals surface area contributed by atoms with E-state index < -0.39 is 0 Å². The molecule has 0 spiro atoms. The molecule has 110 valence electrons. The van der Waals surface area contributed by atoms with Gasteiger partial charge in [0.15, 0.2) is 0 Å². The van der Waals surface area contributed by atoms with Crippen molar-refractivity contribution in [2.75, 3.05) is 11.9 Å². The lowest BCUT2D eigenvalue weighted by molar-refractivity contribution is -0.118. The molecule has 0 aliphatic heterocycles. The Kier molecular flexibility index (Phi) is 5.24. The summed E-state index contributed by atoms with van der Waals surface area (Å²) in [7, 11) is 0. The number of rotatable bonds is 6. The number of anilines is 1. The zero-order valence-corrected chi connectivity index (χ0v) is 11.7. The van der Waals surface area contributed by atoms with Crippen molar-refractivity contribution in [1.29, 1.82) is 0 Å². The molecule has 5 nitrogen and oxygen atoms in total. The highest BCUT2D eigenvalue weighted by molar-refractivity contribution is 5.73. The van der Waals surface area contributed by atoms with E-state index in [9.17, 15) is 4.79 Å². The van der Waals surface area contributed by atoms with E-state index >= 15 is 0 Å².